The molecule has 141 valence electrons. The van der Waals surface area contributed by atoms with Gasteiger partial charge in [0.05, 0.1) is 16.5 Å². The van der Waals surface area contributed by atoms with Gasteiger partial charge >= 0.3 is 6.18 Å². The fourth-order valence-electron chi connectivity index (χ4n) is 2.86. The van der Waals surface area contributed by atoms with Crippen LogP contribution in [-0.4, -0.2) is 20.2 Å². The Hall–Kier alpha value is -3.49. The fraction of sp³-hybridized carbons (Fsp3) is 0.105. The first-order valence-electron chi connectivity index (χ1n) is 8.15. The Balaban J connectivity index is 1.97. The Morgan fingerprint density at radius 3 is 2.43 bits per heavy atom. The number of halogens is 4. The smallest absolute Gasteiger partial charge is 0.323 e. The van der Waals surface area contributed by atoms with E-state index < -0.39 is 17.6 Å². The van der Waals surface area contributed by atoms with E-state index in [1.807, 2.05) is 6.92 Å². The predicted molar refractivity (Wildman–Crippen MR) is 95.4 cm³/mol. The van der Waals surface area contributed by atoms with Gasteiger partial charge in [-0.05, 0) is 42.3 Å². The molecule has 1 radical (unpaired) electrons. The van der Waals surface area contributed by atoms with Crippen LogP contribution in [0, 0.1) is 19.1 Å². The second kappa shape index (κ2) is 6.59. The van der Waals surface area contributed by atoms with Crippen molar-refractivity contribution in [2.24, 2.45) is 0 Å². The molecule has 9 heteroatoms. The number of nitrogens with zero attached hydrogens (tertiary/aromatic N) is 3. The molecule has 2 heterocycles. The summed E-state index contributed by atoms with van der Waals surface area (Å²) in [6, 6.07) is 8.83. The van der Waals surface area contributed by atoms with E-state index in [2.05, 4.69) is 31.8 Å². The van der Waals surface area contributed by atoms with Crippen molar-refractivity contribution in [2.45, 2.75) is 13.1 Å². The van der Waals surface area contributed by atoms with Crippen molar-refractivity contribution >= 4 is 22.5 Å². The molecular weight excluding hydrogens is 374 g/mol. The van der Waals surface area contributed by atoms with Crippen molar-refractivity contribution in [1.82, 2.24) is 20.2 Å². The van der Waals surface area contributed by atoms with E-state index in [-0.39, 0.29) is 16.9 Å². The molecule has 2 aromatic heterocycles. The summed E-state index contributed by atoms with van der Waals surface area (Å²) in [7, 11) is 0. The van der Waals surface area contributed by atoms with Gasteiger partial charge in [-0.15, -0.1) is 0 Å². The summed E-state index contributed by atoms with van der Waals surface area (Å²) in [6.07, 6.45) is -2.20. The molecule has 5 nitrogen and oxygen atoms in total. The van der Waals surface area contributed by atoms with Crippen LogP contribution < -0.4 is 5.32 Å². The fourth-order valence-corrected chi connectivity index (χ4v) is 2.86. The summed E-state index contributed by atoms with van der Waals surface area (Å²) < 4.78 is 53.5. The van der Waals surface area contributed by atoms with Crippen molar-refractivity contribution in [2.75, 3.05) is 5.32 Å². The summed E-state index contributed by atoms with van der Waals surface area (Å²) in [5.74, 6) is 0.190. The number of aromatic amines is 1. The highest BCUT2D eigenvalue weighted by Gasteiger charge is 2.32. The third-order valence-electron chi connectivity index (χ3n) is 4.12. The molecule has 0 saturated carbocycles. The number of hydrogen-bond donors (Lipinski definition) is 2. The standard InChI is InChI=1S/C19H12F4N5/c1-10-6-16(28-27-10)26-18-17-14(11-2-4-13(20)5-3-11)7-12(19(21,22)23)8-15(17)24-9-25-18/h2-8H,1H3,(H2,24,25,26,27,28). The van der Waals surface area contributed by atoms with Gasteiger partial charge in [-0.2, -0.15) is 18.3 Å². The second-order valence-corrected chi connectivity index (χ2v) is 6.16. The SMILES string of the molecule is Cc1cc(Nc2n[c]nc3cc(C(F)(F)F)cc(-c4ccc(F)cc4)c23)n[nH]1. The molecule has 0 unspecified atom stereocenters. The van der Waals surface area contributed by atoms with Gasteiger partial charge in [0.1, 0.15) is 11.6 Å². The molecule has 0 bridgehead atoms. The number of nitrogens with one attached hydrogen (secondary N) is 2. The summed E-state index contributed by atoms with van der Waals surface area (Å²) in [6.45, 7) is 1.81. The number of anilines is 2. The number of hydrogen-bond acceptors (Lipinski definition) is 4. The molecule has 0 aliphatic heterocycles. The number of alkyl halides is 3. The van der Waals surface area contributed by atoms with Crippen LogP contribution in [0.5, 0.6) is 0 Å². The molecule has 4 aromatic rings. The van der Waals surface area contributed by atoms with Crippen LogP contribution in [-0.2, 0) is 6.18 Å². The van der Waals surface area contributed by atoms with Crippen LogP contribution in [0.4, 0.5) is 29.2 Å². The van der Waals surface area contributed by atoms with Crippen molar-refractivity contribution in [3.63, 3.8) is 0 Å². The van der Waals surface area contributed by atoms with Crippen molar-refractivity contribution in [3.05, 3.63) is 65.9 Å². The maximum atomic E-state index is 13.4. The van der Waals surface area contributed by atoms with E-state index in [0.717, 1.165) is 17.8 Å². The zero-order valence-corrected chi connectivity index (χ0v) is 14.4. The molecule has 0 amide bonds. The highest BCUT2D eigenvalue weighted by Crippen LogP contribution is 2.39. The van der Waals surface area contributed by atoms with Gasteiger partial charge in [0.15, 0.2) is 12.1 Å². The highest BCUT2D eigenvalue weighted by molar-refractivity contribution is 6.03. The molecule has 4 rings (SSSR count). The van der Waals surface area contributed by atoms with Crippen LogP contribution in [0.1, 0.15) is 11.3 Å². The van der Waals surface area contributed by atoms with E-state index in [9.17, 15) is 17.6 Å². The van der Waals surface area contributed by atoms with Crippen LogP contribution >= 0.6 is 0 Å². The molecule has 0 aliphatic carbocycles. The van der Waals surface area contributed by atoms with Crippen molar-refractivity contribution in [1.29, 1.82) is 0 Å². The summed E-state index contributed by atoms with van der Waals surface area (Å²) in [5.41, 5.74) is 0.594. The number of rotatable bonds is 3. The second-order valence-electron chi connectivity index (χ2n) is 6.16. The van der Waals surface area contributed by atoms with Gasteiger partial charge in [0.25, 0.3) is 0 Å². The molecule has 0 spiro atoms. The van der Waals surface area contributed by atoms with Gasteiger partial charge in [-0.1, -0.05) is 12.1 Å². The van der Waals surface area contributed by atoms with E-state index in [0.29, 0.717) is 16.8 Å². The monoisotopic (exact) mass is 386 g/mol. The lowest BCUT2D eigenvalue weighted by Crippen LogP contribution is -2.06. The number of aryl methyl sites for hydroxylation is 1. The highest BCUT2D eigenvalue weighted by atomic mass is 19.4. The normalized spacial score (nSPS) is 11.8. The minimum Gasteiger partial charge on any atom is -0.323 e. The zero-order chi connectivity index (χ0) is 19.9. The number of H-pyrrole nitrogens is 1. The average Bonchev–Trinajstić information content (AvgIpc) is 3.06. The van der Waals surface area contributed by atoms with Gasteiger partial charge in [0.2, 0.25) is 0 Å². The Kier molecular flexibility index (Phi) is 4.21. The summed E-state index contributed by atoms with van der Waals surface area (Å²) in [5, 5.41) is 10.1. The van der Waals surface area contributed by atoms with Gasteiger partial charge in [0, 0.05) is 11.8 Å². The number of benzene rings is 2. The Bertz CT molecular complexity index is 1150. The maximum absolute atomic E-state index is 13.4. The molecule has 2 N–H and O–H groups in total. The third-order valence-corrected chi connectivity index (χ3v) is 4.12. The minimum absolute atomic E-state index is 0.0545. The molecule has 0 aliphatic rings. The van der Waals surface area contributed by atoms with Crippen LogP contribution in [0.3, 0.4) is 0 Å². The maximum Gasteiger partial charge on any atom is 0.416 e. The lowest BCUT2D eigenvalue weighted by molar-refractivity contribution is -0.137. The zero-order valence-electron chi connectivity index (χ0n) is 14.4. The Labute approximate surface area is 156 Å². The summed E-state index contributed by atoms with van der Waals surface area (Å²) in [4.78, 5) is 7.94. The lowest BCUT2D eigenvalue weighted by Gasteiger charge is -2.14. The first-order valence-corrected chi connectivity index (χ1v) is 8.15. The third kappa shape index (κ3) is 3.38. The van der Waals surface area contributed by atoms with Crippen molar-refractivity contribution in [3.8, 4) is 11.1 Å². The first-order chi connectivity index (χ1) is 13.3. The summed E-state index contributed by atoms with van der Waals surface area (Å²) >= 11 is 0. The largest absolute Gasteiger partial charge is 0.416 e. The van der Waals surface area contributed by atoms with E-state index in [1.54, 1.807) is 6.07 Å². The predicted octanol–water partition coefficient (Wildman–Crippen LogP) is 5.03. The molecular formula is C19H12F4N5. The number of aromatic nitrogens is 4. The van der Waals surface area contributed by atoms with E-state index in [1.165, 1.54) is 24.3 Å². The Morgan fingerprint density at radius 2 is 1.79 bits per heavy atom. The van der Waals surface area contributed by atoms with Gasteiger partial charge in [-0.3, -0.25) is 5.10 Å². The quantitative estimate of drug-likeness (QED) is 0.485. The lowest BCUT2D eigenvalue weighted by atomic mass is 9.97. The minimum atomic E-state index is -4.57. The average molecular weight is 386 g/mol. The van der Waals surface area contributed by atoms with E-state index >= 15 is 0 Å². The van der Waals surface area contributed by atoms with Gasteiger partial charge in [-0.25, -0.2) is 14.4 Å². The van der Waals surface area contributed by atoms with Crippen LogP contribution in [0.2, 0.25) is 0 Å². The van der Waals surface area contributed by atoms with E-state index in [4.69, 9.17) is 0 Å². The van der Waals surface area contributed by atoms with Crippen LogP contribution in [0.15, 0.2) is 42.5 Å². The molecule has 0 atom stereocenters. The van der Waals surface area contributed by atoms with Gasteiger partial charge < -0.3 is 5.32 Å². The topological polar surface area (TPSA) is 66.5 Å². The number of fused-ring (bicyclic) bond motifs is 1. The molecule has 0 saturated heterocycles. The first kappa shape index (κ1) is 17.9. The Morgan fingerprint density at radius 1 is 1.04 bits per heavy atom. The molecule has 28 heavy (non-hydrogen) atoms. The van der Waals surface area contributed by atoms with Crippen LogP contribution in [0.25, 0.3) is 22.0 Å². The molecule has 0 fully saturated rings. The van der Waals surface area contributed by atoms with Crippen molar-refractivity contribution < 1.29 is 17.6 Å². The molecule has 2 aromatic carbocycles.